The zero-order valence-corrected chi connectivity index (χ0v) is 18.0. The molecule has 0 bridgehead atoms. The second-order valence-electron chi connectivity index (χ2n) is 7.36. The molecular formula is C20H27N5O4S. The van der Waals surface area contributed by atoms with Gasteiger partial charge in [0, 0.05) is 30.4 Å². The number of nitrogens with two attached hydrogens (primary N) is 1. The fourth-order valence-corrected chi connectivity index (χ4v) is 3.19. The molecule has 6 N–H and O–H groups in total. The van der Waals surface area contributed by atoms with Crippen molar-refractivity contribution >= 4 is 47.2 Å². The zero-order chi connectivity index (χ0) is 22.4. The molecule has 0 saturated heterocycles. The molecule has 4 amide bonds. The van der Waals surface area contributed by atoms with Crippen LogP contribution in [-0.4, -0.2) is 46.1 Å². The van der Waals surface area contributed by atoms with Crippen molar-refractivity contribution in [3.8, 4) is 0 Å². The van der Waals surface area contributed by atoms with Gasteiger partial charge in [-0.2, -0.15) is 0 Å². The normalized spacial score (nSPS) is 14.0. The smallest absolute Gasteiger partial charge is 0.250 e. The number of amides is 4. The van der Waals surface area contributed by atoms with Gasteiger partial charge in [-0.25, -0.2) is 0 Å². The molecule has 2 aromatic rings. The van der Waals surface area contributed by atoms with Crippen LogP contribution in [0.5, 0.6) is 0 Å². The number of carbonyl (C=O) groups is 4. The van der Waals surface area contributed by atoms with Gasteiger partial charge < -0.3 is 26.7 Å². The average Bonchev–Trinajstić information content (AvgIpc) is 3.07. The molecule has 3 atom stereocenters. The summed E-state index contributed by atoms with van der Waals surface area (Å²) in [5.41, 5.74) is 6.89. The van der Waals surface area contributed by atoms with E-state index < -0.39 is 35.2 Å². The Labute approximate surface area is 179 Å². The van der Waals surface area contributed by atoms with E-state index in [2.05, 4.69) is 33.6 Å². The largest absolute Gasteiger partial charge is 0.367 e. The third-order valence-electron chi connectivity index (χ3n) is 4.59. The Morgan fingerprint density at radius 2 is 1.73 bits per heavy atom. The number of aromatic amines is 1. The van der Waals surface area contributed by atoms with Gasteiger partial charge in [-0.3, -0.25) is 19.2 Å². The molecule has 0 spiro atoms. The standard InChI is InChI=1S/C20H27N5O4S/c1-10(2)16(19(29)25-20(30)17(21)27)24-18(28)15(23-11(3)26)8-12-9-22-14-7-5-4-6-13(12)14/h4-7,9-10,15-16,20,22,30H,8H2,1-3H3,(H2,21,27)(H,23,26)(H,24,28)(H,25,29)/t15-,16-,20+/m1/s1. The van der Waals surface area contributed by atoms with Gasteiger partial charge in [0.25, 0.3) is 0 Å². The highest BCUT2D eigenvalue weighted by molar-refractivity contribution is 7.81. The lowest BCUT2D eigenvalue weighted by molar-refractivity contribution is -0.133. The predicted molar refractivity (Wildman–Crippen MR) is 116 cm³/mol. The minimum absolute atomic E-state index is 0.234. The number of H-pyrrole nitrogens is 1. The van der Waals surface area contributed by atoms with Crippen LogP contribution in [0.4, 0.5) is 0 Å². The Morgan fingerprint density at radius 3 is 2.33 bits per heavy atom. The van der Waals surface area contributed by atoms with E-state index in [4.69, 9.17) is 5.73 Å². The fraction of sp³-hybridized carbons (Fsp3) is 0.400. The molecule has 0 unspecified atom stereocenters. The highest BCUT2D eigenvalue weighted by atomic mass is 32.1. The fourth-order valence-electron chi connectivity index (χ4n) is 3.06. The number of thiol groups is 1. The van der Waals surface area contributed by atoms with E-state index in [1.165, 1.54) is 6.92 Å². The summed E-state index contributed by atoms with van der Waals surface area (Å²) in [6.07, 6.45) is 2.02. The number of hydrogen-bond donors (Lipinski definition) is 6. The number of benzene rings is 1. The molecule has 1 heterocycles. The number of fused-ring (bicyclic) bond motifs is 1. The van der Waals surface area contributed by atoms with Crippen molar-refractivity contribution in [1.29, 1.82) is 0 Å². The van der Waals surface area contributed by atoms with Crippen LogP contribution in [0.25, 0.3) is 10.9 Å². The summed E-state index contributed by atoms with van der Waals surface area (Å²) in [7, 11) is 0. The summed E-state index contributed by atoms with van der Waals surface area (Å²) in [5.74, 6) is -2.57. The first kappa shape index (κ1) is 23.3. The number of rotatable bonds is 9. The van der Waals surface area contributed by atoms with Gasteiger partial charge in [-0.05, 0) is 17.5 Å². The highest BCUT2D eigenvalue weighted by Crippen LogP contribution is 2.19. The highest BCUT2D eigenvalue weighted by Gasteiger charge is 2.30. The van der Waals surface area contributed by atoms with E-state index >= 15 is 0 Å². The summed E-state index contributed by atoms with van der Waals surface area (Å²) in [6, 6.07) is 5.79. The quantitative estimate of drug-likeness (QED) is 0.248. The van der Waals surface area contributed by atoms with Crippen molar-refractivity contribution in [2.45, 2.75) is 44.6 Å². The monoisotopic (exact) mass is 433 g/mol. The van der Waals surface area contributed by atoms with Crippen LogP contribution >= 0.6 is 12.6 Å². The Balaban J connectivity index is 2.19. The van der Waals surface area contributed by atoms with Gasteiger partial charge in [0.2, 0.25) is 23.6 Å². The van der Waals surface area contributed by atoms with Crippen LogP contribution in [0.15, 0.2) is 30.5 Å². The number of primary amides is 1. The molecule has 1 aromatic heterocycles. The van der Waals surface area contributed by atoms with Crippen molar-refractivity contribution in [2.75, 3.05) is 0 Å². The maximum Gasteiger partial charge on any atom is 0.250 e. The Bertz CT molecular complexity index is 942. The molecule has 0 aliphatic carbocycles. The summed E-state index contributed by atoms with van der Waals surface area (Å²) in [5, 5.41) is 7.43. The van der Waals surface area contributed by atoms with Gasteiger partial charge in [-0.1, -0.05) is 32.0 Å². The first-order valence-electron chi connectivity index (χ1n) is 9.50. The third kappa shape index (κ3) is 5.99. The Morgan fingerprint density at radius 1 is 1.07 bits per heavy atom. The lowest BCUT2D eigenvalue weighted by atomic mass is 10.0. The topological polar surface area (TPSA) is 146 Å². The van der Waals surface area contributed by atoms with Crippen molar-refractivity contribution in [2.24, 2.45) is 11.7 Å². The molecule has 162 valence electrons. The van der Waals surface area contributed by atoms with E-state index in [9.17, 15) is 19.2 Å². The van der Waals surface area contributed by atoms with E-state index in [0.29, 0.717) is 0 Å². The van der Waals surface area contributed by atoms with Gasteiger partial charge in [0.15, 0.2) is 5.37 Å². The number of nitrogens with one attached hydrogen (secondary N) is 4. The molecule has 0 radical (unpaired) electrons. The van der Waals surface area contributed by atoms with Gasteiger partial charge in [0.05, 0.1) is 0 Å². The van der Waals surface area contributed by atoms with Crippen molar-refractivity contribution in [1.82, 2.24) is 20.9 Å². The van der Waals surface area contributed by atoms with Gasteiger partial charge >= 0.3 is 0 Å². The molecule has 0 aliphatic rings. The number of carbonyl (C=O) groups excluding carboxylic acids is 4. The molecule has 2 rings (SSSR count). The average molecular weight is 434 g/mol. The van der Waals surface area contributed by atoms with E-state index in [-0.39, 0.29) is 18.2 Å². The number of para-hydroxylation sites is 1. The van der Waals surface area contributed by atoms with Crippen molar-refractivity contribution < 1.29 is 19.2 Å². The molecular weight excluding hydrogens is 406 g/mol. The minimum atomic E-state index is -1.17. The SMILES string of the molecule is CC(=O)N[C@H](Cc1c[nH]c2ccccc12)C(=O)N[C@@H](C(=O)N[C@@H](S)C(N)=O)C(C)C. The molecule has 9 nitrogen and oxygen atoms in total. The van der Waals surface area contributed by atoms with Crippen molar-refractivity contribution in [3.05, 3.63) is 36.0 Å². The lowest BCUT2D eigenvalue weighted by Crippen LogP contribution is -2.57. The van der Waals surface area contributed by atoms with Crippen LogP contribution in [0.1, 0.15) is 26.3 Å². The lowest BCUT2D eigenvalue weighted by Gasteiger charge is -2.25. The third-order valence-corrected chi connectivity index (χ3v) is 4.97. The van der Waals surface area contributed by atoms with E-state index in [0.717, 1.165) is 16.5 Å². The summed E-state index contributed by atoms with van der Waals surface area (Å²) >= 11 is 3.92. The first-order chi connectivity index (χ1) is 14.1. The van der Waals surface area contributed by atoms with Crippen LogP contribution in [-0.2, 0) is 25.6 Å². The molecule has 10 heteroatoms. The van der Waals surface area contributed by atoms with Crippen molar-refractivity contribution in [3.63, 3.8) is 0 Å². The second kappa shape index (κ2) is 10.1. The molecule has 0 fully saturated rings. The van der Waals surface area contributed by atoms with Gasteiger partial charge in [0.1, 0.15) is 12.1 Å². The van der Waals surface area contributed by atoms with Crippen LogP contribution < -0.4 is 21.7 Å². The number of hydrogen-bond acceptors (Lipinski definition) is 5. The molecule has 30 heavy (non-hydrogen) atoms. The van der Waals surface area contributed by atoms with Crippen LogP contribution in [0, 0.1) is 5.92 Å². The summed E-state index contributed by atoms with van der Waals surface area (Å²) in [6.45, 7) is 4.81. The maximum absolute atomic E-state index is 13.0. The predicted octanol–water partition coefficient (Wildman–Crippen LogP) is 0.213. The summed E-state index contributed by atoms with van der Waals surface area (Å²) in [4.78, 5) is 51.4. The first-order valence-corrected chi connectivity index (χ1v) is 10.0. The van der Waals surface area contributed by atoms with E-state index in [1.54, 1.807) is 20.0 Å². The van der Waals surface area contributed by atoms with Gasteiger partial charge in [-0.15, -0.1) is 12.6 Å². The second-order valence-corrected chi connectivity index (χ2v) is 7.88. The number of aromatic nitrogens is 1. The molecule has 0 aliphatic heterocycles. The molecule has 1 aromatic carbocycles. The minimum Gasteiger partial charge on any atom is -0.367 e. The van der Waals surface area contributed by atoms with Crippen LogP contribution in [0.3, 0.4) is 0 Å². The Hall–Kier alpha value is -3.01. The summed E-state index contributed by atoms with van der Waals surface area (Å²) < 4.78 is 0. The zero-order valence-electron chi connectivity index (χ0n) is 17.1. The maximum atomic E-state index is 13.0. The Kier molecular flexibility index (Phi) is 7.87. The van der Waals surface area contributed by atoms with E-state index in [1.807, 2.05) is 24.3 Å². The molecule has 0 saturated carbocycles. The van der Waals surface area contributed by atoms with Crippen LogP contribution in [0.2, 0.25) is 0 Å².